The summed E-state index contributed by atoms with van der Waals surface area (Å²) in [5.74, 6) is 0.959. The van der Waals surface area contributed by atoms with E-state index >= 15 is 0 Å². The monoisotopic (exact) mass is 338 g/mol. The Morgan fingerprint density at radius 3 is 2.67 bits per heavy atom. The van der Waals surface area contributed by atoms with Gasteiger partial charge < -0.3 is 15.4 Å². The minimum absolute atomic E-state index is 0.397. The summed E-state index contributed by atoms with van der Waals surface area (Å²) in [7, 11) is 3.69. The van der Waals surface area contributed by atoms with Gasteiger partial charge in [0.25, 0.3) is 0 Å². The topological polar surface area (TPSA) is 48.9 Å². The fourth-order valence-corrected chi connectivity index (χ4v) is 4.37. The van der Waals surface area contributed by atoms with E-state index in [1.807, 2.05) is 7.05 Å². The maximum absolute atomic E-state index is 5.33. The van der Waals surface area contributed by atoms with Crippen LogP contribution in [0, 0.1) is 5.41 Å². The molecule has 1 aliphatic heterocycles. The molecule has 2 rings (SSSR count). The minimum atomic E-state index is 0.397. The van der Waals surface area contributed by atoms with E-state index in [0.717, 1.165) is 38.6 Å². The van der Waals surface area contributed by atoms with E-state index < -0.39 is 0 Å². The average Bonchev–Trinajstić information content (AvgIpc) is 3.09. The molecule has 2 aliphatic rings. The second-order valence-electron chi connectivity index (χ2n) is 7.53. The van der Waals surface area contributed by atoms with Gasteiger partial charge in [-0.15, -0.1) is 0 Å². The lowest BCUT2D eigenvalue weighted by Crippen LogP contribution is -2.50. The van der Waals surface area contributed by atoms with Crippen molar-refractivity contribution < 1.29 is 4.74 Å². The number of likely N-dealkylation sites (N-methyl/N-ethyl adjacent to an activating group) is 1. The number of hydrogen-bond donors (Lipinski definition) is 2. The number of piperidine rings is 1. The molecule has 5 nitrogen and oxygen atoms in total. The summed E-state index contributed by atoms with van der Waals surface area (Å²) in [6.45, 7) is 7.54. The van der Waals surface area contributed by atoms with Gasteiger partial charge in [-0.1, -0.05) is 26.2 Å². The molecule has 1 saturated carbocycles. The zero-order valence-electron chi connectivity index (χ0n) is 16.1. The number of rotatable bonds is 8. The summed E-state index contributed by atoms with van der Waals surface area (Å²) in [5, 5.41) is 7.17. The van der Waals surface area contributed by atoms with Crippen molar-refractivity contribution in [1.82, 2.24) is 15.5 Å². The number of guanidine groups is 1. The van der Waals surface area contributed by atoms with Crippen molar-refractivity contribution in [2.24, 2.45) is 10.4 Å². The first kappa shape index (κ1) is 19.5. The lowest BCUT2D eigenvalue weighted by atomic mass is 9.83. The van der Waals surface area contributed by atoms with Crippen LogP contribution in [0.15, 0.2) is 4.99 Å². The van der Waals surface area contributed by atoms with Crippen molar-refractivity contribution in [3.05, 3.63) is 0 Å². The van der Waals surface area contributed by atoms with Crippen molar-refractivity contribution in [3.63, 3.8) is 0 Å². The lowest BCUT2D eigenvalue weighted by molar-refractivity contribution is 0.138. The summed E-state index contributed by atoms with van der Waals surface area (Å²) < 4.78 is 5.33. The third kappa shape index (κ3) is 5.62. The number of aliphatic imine (C=N–C) groups is 1. The molecule has 0 spiro atoms. The minimum Gasteiger partial charge on any atom is -0.385 e. The largest absolute Gasteiger partial charge is 0.385 e. The summed E-state index contributed by atoms with van der Waals surface area (Å²) in [6.07, 6.45) is 10.5. The molecule has 5 heteroatoms. The van der Waals surface area contributed by atoms with Crippen LogP contribution in [0.3, 0.4) is 0 Å². The maximum atomic E-state index is 5.33. The Labute approximate surface area is 148 Å². The molecule has 1 atom stereocenters. The highest BCUT2D eigenvalue weighted by molar-refractivity contribution is 5.79. The molecule has 1 saturated heterocycles. The summed E-state index contributed by atoms with van der Waals surface area (Å²) >= 11 is 0. The van der Waals surface area contributed by atoms with E-state index in [0.29, 0.717) is 11.5 Å². The molecular formula is C19H38N4O. The third-order valence-corrected chi connectivity index (χ3v) is 6.02. The zero-order valence-corrected chi connectivity index (χ0v) is 16.1. The number of nitrogens with zero attached hydrogens (tertiary/aromatic N) is 2. The number of hydrogen-bond acceptors (Lipinski definition) is 3. The molecule has 0 aromatic rings. The maximum Gasteiger partial charge on any atom is 0.191 e. The fourth-order valence-electron chi connectivity index (χ4n) is 4.37. The van der Waals surface area contributed by atoms with Crippen molar-refractivity contribution in [3.8, 4) is 0 Å². The first-order valence-corrected chi connectivity index (χ1v) is 9.90. The molecule has 0 aromatic heterocycles. The van der Waals surface area contributed by atoms with Gasteiger partial charge in [-0.05, 0) is 50.6 Å². The van der Waals surface area contributed by atoms with Gasteiger partial charge in [-0.25, -0.2) is 0 Å². The van der Waals surface area contributed by atoms with E-state index in [1.165, 1.54) is 51.5 Å². The Morgan fingerprint density at radius 1 is 1.21 bits per heavy atom. The highest BCUT2D eigenvalue weighted by Crippen LogP contribution is 2.40. The molecule has 0 radical (unpaired) electrons. The normalized spacial score (nSPS) is 25.0. The summed E-state index contributed by atoms with van der Waals surface area (Å²) in [6, 6.07) is 0.649. The second-order valence-corrected chi connectivity index (χ2v) is 7.53. The number of nitrogens with one attached hydrogen (secondary N) is 2. The zero-order chi connectivity index (χ0) is 17.3. The first-order chi connectivity index (χ1) is 11.7. The van der Waals surface area contributed by atoms with Gasteiger partial charge in [0.05, 0.1) is 0 Å². The van der Waals surface area contributed by atoms with Crippen LogP contribution >= 0.6 is 0 Å². The molecule has 1 unspecified atom stereocenters. The SMILES string of the molecule is CCN1CCCCC1CNC(=NC)NCC1(CCOC)CCCC1. The molecule has 24 heavy (non-hydrogen) atoms. The Hall–Kier alpha value is -0.810. The first-order valence-electron chi connectivity index (χ1n) is 9.90. The second kappa shape index (κ2) is 10.2. The third-order valence-electron chi connectivity index (χ3n) is 6.02. The molecular weight excluding hydrogens is 300 g/mol. The Kier molecular flexibility index (Phi) is 8.33. The number of methoxy groups -OCH3 is 1. The summed E-state index contributed by atoms with van der Waals surface area (Å²) in [5.41, 5.74) is 0.397. The van der Waals surface area contributed by atoms with E-state index in [4.69, 9.17) is 4.74 Å². The average molecular weight is 339 g/mol. The number of ether oxygens (including phenoxy) is 1. The Bertz CT molecular complexity index is 380. The van der Waals surface area contributed by atoms with Gasteiger partial charge in [-0.2, -0.15) is 0 Å². The predicted octanol–water partition coefficient (Wildman–Crippen LogP) is 2.62. The van der Waals surface area contributed by atoms with Crippen molar-refractivity contribution in [2.45, 2.75) is 64.3 Å². The van der Waals surface area contributed by atoms with Gasteiger partial charge in [0.1, 0.15) is 0 Å². The molecule has 2 fully saturated rings. The molecule has 140 valence electrons. The van der Waals surface area contributed by atoms with Crippen LogP contribution < -0.4 is 10.6 Å². The van der Waals surface area contributed by atoms with Gasteiger partial charge in [0.15, 0.2) is 5.96 Å². The van der Waals surface area contributed by atoms with E-state index in [9.17, 15) is 0 Å². The van der Waals surface area contributed by atoms with E-state index in [-0.39, 0.29) is 0 Å². The fraction of sp³-hybridized carbons (Fsp3) is 0.947. The molecule has 1 heterocycles. The van der Waals surface area contributed by atoms with E-state index in [2.05, 4.69) is 27.4 Å². The van der Waals surface area contributed by atoms with Crippen LogP contribution in [0.5, 0.6) is 0 Å². The Morgan fingerprint density at radius 2 is 2.00 bits per heavy atom. The lowest BCUT2D eigenvalue weighted by Gasteiger charge is -2.35. The van der Waals surface area contributed by atoms with Crippen LogP contribution in [0.25, 0.3) is 0 Å². The van der Waals surface area contributed by atoms with Crippen molar-refractivity contribution >= 4 is 5.96 Å². The van der Waals surface area contributed by atoms with E-state index in [1.54, 1.807) is 7.11 Å². The van der Waals surface area contributed by atoms with Crippen molar-refractivity contribution in [1.29, 1.82) is 0 Å². The van der Waals surface area contributed by atoms with Gasteiger partial charge in [0, 0.05) is 39.9 Å². The van der Waals surface area contributed by atoms with Gasteiger partial charge in [-0.3, -0.25) is 9.89 Å². The van der Waals surface area contributed by atoms with Gasteiger partial charge >= 0.3 is 0 Å². The van der Waals surface area contributed by atoms with Crippen molar-refractivity contribution in [2.75, 3.05) is 46.9 Å². The molecule has 0 amide bonds. The highest BCUT2D eigenvalue weighted by Gasteiger charge is 2.33. The van der Waals surface area contributed by atoms with Crippen LogP contribution in [-0.4, -0.2) is 63.8 Å². The van der Waals surface area contributed by atoms with Gasteiger partial charge in [0.2, 0.25) is 0 Å². The van der Waals surface area contributed by atoms with Crippen LogP contribution in [0.2, 0.25) is 0 Å². The number of likely N-dealkylation sites (tertiary alicyclic amines) is 1. The molecule has 1 aliphatic carbocycles. The highest BCUT2D eigenvalue weighted by atomic mass is 16.5. The smallest absolute Gasteiger partial charge is 0.191 e. The standard InChI is InChI=1S/C19H38N4O/c1-4-23-13-8-5-9-17(23)15-21-18(20-2)22-16-19(12-14-24-3)10-6-7-11-19/h17H,4-16H2,1-3H3,(H2,20,21,22). The Balaban J connectivity index is 1.79. The van der Waals surface area contributed by atoms with Crippen LogP contribution in [0.4, 0.5) is 0 Å². The molecule has 0 bridgehead atoms. The van der Waals surface area contributed by atoms with Crippen LogP contribution in [-0.2, 0) is 4.74 Å². The predicted molar refractivity (Wildman–Crippen MR) is 102 cm³/mol. The van der Waals surface area contributed by atoms with Crippen LogP contribution in [0.1, 0.15) is 58.3 Å². The molecule has 0 aromatic carbocycles. The quantitative estimate of drug-likeness (QED) is 0.528. The molecule has 2 N–H and O–H groups in total. The summed E-state index contributed by atoms with van der Waals surface area (Å²) in [4.78, 5) is 7.04.